The minimum absolute atomic E-state index is 0.863. The summed E-state index contributed by atoms with van der Waals surface area (Å²) in [4.78, 5) is 10.3. The Morgan fingerprint density at radius 1 is 1.32 bits per heavy atom. The molecule has 3 heterocycles. The van der Waals surface area contributed by atoms with Gasteiger partial charge in [0, 0.05) is 40.6 Å². The van der Waals surface area contributed by atoms with Crippen LogP contribution in [-0.4, -0.2) is 9.97 Å². The number of aromatic amines is 1. The van der Waals surface area contributed by atoms with E-state index in [2.05, 4.69) is 41.3 Å². The highest BCUT2D eigenvalue weighted by Gasteiger charge is 2.04. The summed E-state index contributed by atoms with van der Waals surface area (Å²) in [7, 11) is 0. The van der Waals surface area contributed by atoms with E-state index >= 15 is 0 Å². The fourth-order valence-corrected chi connectivity index (χ4v) is 3.24. The Balaban J connectivity index is 1.66. The van der Waals surface area contributed by atoms with Crippen molar-refractivity contribution in [1.29, 1.82) is 0 Å². The predicted octanol–water partition coefficient (Wildman–Crippen LogP) is 3.53. The zero-order chi connectivity index (χ0) is 13.2. The molecule has 3 aromatic heterocycles. The zero-order valence-electron chi connectivity index (χ0n) is 11.2. The van der Waals surface area contributed by atoms with Crippen molar-refractivity contribution in [1.82, 2.24) is 15.3 Å². The monoisotopic (exact) mass is 271 g/mol. The second kappa shape index (κ2) is 5.15. The molecular weight excluding hydrogens is 254 g/mol. The topological polar surface area (TPSA) is 40.7 Å². The van der Waals surface area contributed by atoms with Gasteiger partial charge in [0.1, 0.15) is 5.65 Å². The first-order valence-electron chi connectivity index (χ1n) is 6.41. The van der Waals surface area contributed by atoms with Crippen LogP contribution in [0.4, 0.5) is 0 Å². The maximum absolute atomic E-state index is 4.30. The quantitative estimate of drug-likeness (QED) is 0.762. The van der Waals surface area contributed by atoms with Crippen LogP contribution in [0.25, 0.3) is 11.0 Å². The normalized spacial score (nSPS) is 11.3. The molecule has 0 bridgehead atoms. The number of nitrogens with zero attached hydrogens (tertiary/aromatic N) is 1. The van der Waals surface area contributed by atoms with Crippen LogP contribution in [-0.2, 0) is 13.1 Å². The third kappa shape index (κ3) is 2.55. The van der Waals surface area contributed by atoms with Crippen molar-refractivity contribution in [2.24, 2.45) is 0 Å². The lowest BCUT2D eigenvalue weighted by Crippen LogP contribution is -2.11. The van der Waals surface area contributed by atoms with E-state index in [9.17, 15) is 0 Å². The number of hydrogen-bond donors (Lipinski definition) is 2. The number of rotatable bonds is 4. The Bertz CT molecular complexity index is 677. The molecule has 4 heteroatoms. The van der Waals surface area contributed by atoms with Crippen LogP contribution in [0.15, 0.2) is 30.6 Å². The minimum atomic E-state index is 0.863. The van der Waals surface area contributed by atoms with Gasteiger partial charge in [-0.05, 0) is 43.2 Å². The van der Waals surface area contributed by atoms with Crippen molar-refractivity contribution in [2.45, 2.75) is 26.9 Å². The fourth-order valence-electron chi connectivity index (χ4n) is 2.22. The van der Waals surface area contributed by atoms with Gasteiger partial charge in [-0.3, -0.25) is 0 Å². The maximum Gasteiger partial charge on any atom is 0.137 e. The van der Waals surface area contributed by atoms with E-state index in [1.54, 1.807) is 0 Å². The van der Waals surface area contributed by atoms with Crippen LogP contribution in [0, 0.1) is 13.8 Å². The van der Waals surface area contributed by atoms with Crippen LogP contribution in [0.3, 0.4) is 0 Å². The van der Waals surface area contributed by atoms with Crippen molar-refractivity contribution in [3.8, 4) is 0 Å². The Morgan fingerprint density at radius 3 is 3.00 bits per heavy atom. The highest BCUT2D eigenvalue weighted by molar-refractivity contribution is 7.12. The van der Waals surface area contributed by atoms with E-state index < -0.39 is 0 Å². The van der Waals surface area contributed by atoms with E-state index in [0.29, 0.717) is 0 Å². The van der Waals surface area contributed by atoms with Crippen LogP contribution in [0.1, 0.15) is 20.9 Å². The molecule has 0 atom stereocenters. The van der Waals surface area contributed by atoms with Crippen LogP contribution in [0.2, 0.25) is 0 Å². The average Bonchev–Trinajstić information content (AvgIpc) is 2.95. The standard InChI is InChI=1S/C15H17N3S/c1-10-6-13(19-11(10)2)9-16-7-12-8-18-15-14(12)4-3-5-17-15/h3-6,8,16H,7,9H2,1-2H3,(H,17,18). The lowest BCUT2D eigenvalue weighted by Gasteiger charge is -2.01. The van der Waals surface area contributed by atoms with Gasteiger partial charge in [0.25, 0.3) is 0 Å². The van der Waals surface area contributed by atoms with Gasteiger partial charge in [-0.15, -0.1) is 11.3 Å². The minimum Gasteiger partial charge on any atom is -0.346 e. The van der Waals surface area contributed by atoms with Gasteiger partial charge in [-0.2, -0.15) is 0 Å². The molecule has 0 spiro atoms. The van der Waals surface area contributed by atoms with Gasteiger partial charge < -0.3 is 10.3 Å². The van der Waals surface area contributed by atoms with E-state index in [0.717, 1.165) is 18.7 Å². The molecule has 3 aromatic rings. The molecule has 0 aliphatic heterocycles. The Hall–Kier alpha value is -1.65. The molecule has 19 heavy (non-hydrogen) atoms. The third-order valence-corrected chi connectivity index (χ3v) is 4.52. The molecule has 0 saturated heterocycles. The molecule has 0 fully saturated rings. The number of aryl methyl sites for hydroxylation is 2. The molecule has 2 N–H and O–H groups in total. The SMILES string of the molecule is Cc1cc(CNCc2c[nH]c3ncccc23)sc1C. The van der Waals surface area contributed by atoms with Crippen molar-refractivity contribution >= 4 is 22.4 Å². The number of thiophene rings is 1. The van der Waals surface area contributed by atoms with Gasteiger partial charge >= 0.3 is 0 Å². The molecule has 0 radical (unpaired) electrons. The summed E-state index contributed by atoms with van der Waals surface area (Å²) in [6.07, 6.45) is 3.85. The highest BCUT2D eigenvalue weighted by atomic mass is 32.1. The van der Waals surface area contributed by atoms with Crippen molar-refractivity contribution in [3.63, 3.8) is 0 Å². The Morgan fingerprint density at radius 2 is 2.21 bits per heavy atom. The number of pyridine rings is 1. The summed E-state index contributed by atoms with van der Waals surface area (Å²) in [6.45, 7) is 6.13. The summed E-state index contributed by atoms with van der Waals surface area (Å²) >= 11 is 1.87. The molecule has 0 amide bonds. The molecule has 0 aromatic carbocycles. The Kier molecular flexibility index (Phi) is 3.36. The maximum atomic E-state index is 4.30. The number of nitrogens with one attached hydrogen (secondary N) is 2. The smallest absolute Gasteiger partial charge is 0.137 e. The number of H-pyrrole nitrogens is 1. The van der Waals surface area contributed by atoms with Crippen LogP contribution < -0.4 is 5.32 Å². The lowest BCUT2D eigenvalue weighted by molar-refractivity contribution is 0.704. The van der Waals surface area contributed by atoms with E-state index in [4.69, 9.17) is 0 Å². The second-order valence-corrected chi connectivity index (χ2v) is 6.11. The predicted molar refractivity (Wildman–Crippen MR) is 80.4 cm³/mol. The number of hydrogen-bond acceptors (Lipinski definition) is 3. The highest BCUT2D eigenvalue weighted by Crippen LogP contribution is 2.21. The van der Waals surface area contributed by atoms with Crippen molar-refractivity contribution in [3.05, 3.63) is 51.5 Å². The molecule has 0 aliphatic carbocycles. The molecule has 0 aliphatic rings. The summed E-state index contributed by atoms with van der Waals surface area (Å²) in [6, 6.07) is 6.35. The third-order valence-electron chi connectivity index (χ3n) is 3.37. The van der Waals surface area contributed by atoms with Crippen LogP contribution >= 0.6 is 11.3 Å². The molecule has 3 rings (SSSR count). The summed E-state index contributed by atoms with van der Waals surface area (Å²) in [5.74, 6) is 0. The van der Waals surface area contributed by atoms with Gasteiger partial charge in [0.2, 0.25) is 0 Å². The fraction of sp³-hybridized carbons (Fsp3) is 0.267. The van der Waals surface area contributed by atoms with Gasteiger partial charge in [-0.25, -0.2) is 4.98 Å². The lowest BCUT2D eigenvalue weighted by atomic mass is 10.2. The van der Waals surface area contributed by atoms with E-state index in [1.165, 1.54) is 26.3 Å². The zero-order valence-corrected chi connectivity index (χ0v) is 12.0. The average molecular weight is 271 g/mol. The number of aromatic nitrogens is 2. The summed E-state index contributed by atoms with van der Waals surface area (Å²) in [5, 5.41) is 4.70. The Labute approximate surface area is 116 Å². The molecular formula is C15H17N3S. The van der Waals surface area contributed by atoms with Crippen molar-refractivity contribution in [2.75, 3.05) is 0 Å². The first-order valence-corrected chi connectivity index (χ1v) is 7.23. The second-order valence-electron chi connectivity index (χ2n) is 4.77. The largest absolute Gasteiger partial charge is 0.346 e. The van der Waals surface area contributed by atoms with E-state index in [1.807, 2.05) is 29.8 Å². The molecule has 98 valence electrons. The van der Waals surface area contributed by atoms with Crippen LogP contribution in [0.5, 0.6) is 0 Å². The first-order chi connectivity index (χ1) is 9.24. The van der Waals surface area contributed by atoms with Gasteiger partial charge in [-0.1, -0.05) is 0 Å². The van der Waals surface area contributed by atoms with Gasteiger partial charge in [0.15, 0.2) is 0 Å². The summed E-state index contributed by atoms with van der Waals surface area (Å²) < 4.78 is 0. The van der Waals surface area contributed by atoms with Gasteiger partial charge in [0.05, 0.1) is 0 Å². The number of fused-ring (bicyclic) bond motifs is 1. The summed E-state index contributed by atoms with van der Waals surface area (Å²) in [5.41, 5.74) is 3.62. The molecule has 0 unspecified atom stereocenters. The molecule has 3 nitrogen and oxygen atoms in total. The first kappa shape index (κ1) is 12.4. The van der Waals surface area contributed by atoms with Crippen molar-refractivity contribution < 1.29 is 0 Å². The molecule has 0 saturated carbocycles. The van der Waals surface area contributed by atoms with E-state index in [-0.39, 0.29) is 0 Å².